The van der Waals surface area contributed by atoms with Crippen molar-refractivity contribution in [3.05, 3.63) is 23.8 Å². The molecule has 1 amide bonds. The minimum atomic E-state index is -5.02. The molecule has 6 nitrogen and oxygen atoms in total. The van der Waals surface area contributed by atoms with Gasteiger partial charge in [0.15, 0.2) is 11.5 Å². The van der Waals surface area contributed by atoms with Crippen molar-refractivity contribution in [2.45, 2.75) is 19.5 Å². The second-order valence-electron chi connectivity index (χ2n) is 5.61. The number of hydrogen-bond donors (Lipinski definition) is 0. The van der Waals surface area contributed by atoms with E-state index in [9.17, 15) is 22.8 Å². The number of hydrogen-bond acceptors (Lipinski definition) is 5. The van der Waals surface area contributed by atoms with Crippen LogP contribution in [0.15, 0.2) is 18.2 Å². The molecule has 146 valence electrons. The molecule has 0 saturated heterocycles. The van der Waals surface area contributed by atoms with Gasteiger partial charge in [-0.2, -0.15) is 13.2 Å². The van der Waals surface area contributed by atoms with Crippen LogP contribution in [0.3, 0.4) is 0 Å². The molecular weight excluding hydrogens is 355 g/mol. The summed E-state index contributed by atoms with van der Waals surface area (Å²) in [5.41, 5.74) is 0.661. The topological polar surface area (TPSA) is 65.1 Å². The van der Waals surface area contributed by atoms with Crippen molar-refractivity contribution in [2.24, 2.45) is 5.92 Å². The number of ether oxygens (including phenoxy) is 3. The van der Waals surface area contributed by atoms with Crippen LogP contribution in [0.1, 0.15) is 12.5 Å². The van der Waals surface area contributed by atoms with Gasteiger partial charge < -0.3 is 19.1 Å². The van der Waals surface area contributed by atoms with Gasteiger partial charge in [-0.15, -0.1) is 0 Å². The minimum absolute atomic E-state index is 0.149. The Hall–Kier alpha value is -2.45. The monoisotopic (exact) mass is 377 g/mol. The van der Waals surface area contributed by atoms with E-state index < -0.39 is 30.5 Å². The van der Waals surface area contributed by atoms with E-state index in [0.717, 1.165) is 7.11 Å². The molecule has 0 radical (unpaired) electrons. The number of benzene rings is 1. The molecule has 0 bridgehead atoms. The lowest BCUT2D eigenvalue weighted by Crippen LogP contribution is -2.45. The van der Waals surface area contributed by atoms with Gasteiger partial charge in [-0.1, -0.05) is 13.0 Å². The van der Waals surface area contributed by atoms with E-state index in [-0.39, 0.29) is 13.0 Å². The average molecular weight is 377 g/mol. The second kappa shape index (κ2) is 9.30. The third kappa shape index (κ3) is 5.82. The molecule has 1 aromatic carbocycles. The normalized spacial score (nSPS) is 12.3. The number of rotatable bonds is 8. The first-order chi connectivity index (χ1) is 12.1. The lowest BCUT2D eigenvalue weighted by Gasteiger charge is -2.26. The van der Waals surface area contributed by atoms with E-state index in [1.54, 1.807) is 18.2 Å². The van der Waals surface area contributed by atoms with Crippen molar-refractivity contribution < 1.29 is 37.0 Å². The highest BCUT2D eigenvalue weighted by Gasteiger charge is 2.43. The van der Waals surface area contributed by atoms with Gasteiger partial charge >= 0.3 is 18.1 Å². The van der Waals surface area contributed by atoms with Gasteiger partial charge in [-0.05, 0) is 24.1 Å². The summed E-state index contributed by atoms with van der Waals surface area (Å²) in [5.74, 6) is -2.64. The van der Waals surface area contributed by atoms with E-state index in [0.29, 0.717) is 22.0 Å². The van der Waals surface area contributed by atoms with Gasteiger partial charge in [0.25, 0.3) is 0 Å². The van der Waals surface area contributed by atoms with Crippen LogP contribution in [-0.2, 0) is 20.7 Å². The zero-order chi connectivity index (χ0) is 19.9. The van der Waals surface area contributed by atoms with Gasteiger partial charge in [0, 0.05) is 13.1 Å². The fourth-order valence-corrected chi connectivity index (χ4v) is 2.36. The number of alkyl halides is 3. The largest absolute Gasteiger partial charge is 0.493 e. The van der Waals surface area contributed by atoms with Crippen molar-refractivity contribution in [3.63, 3.8) is 0 Å². The fourth-order valence-electron chi connectivity index (χ4n) is 2.36. The van der Waals surface area contributed by atoms with Gasteiger partial charge in [0.1, 0.15) is 0 Å². The Kier molecular flexibility index (Phi) is 7.73. The Labute approximate surface area is 149 Å². The SMILES string of the molecule is COC(=O)C(C)CN(CCc1ccc(OC)c(OC)c1)C(=O)C(F)(F)F. The lowest BCUT2D eigenvalue weighted by molar-refractivity contribution is -0.186. The summed E-state index contributed by atoms with van der Waals surface area (Å²) >= 11 is 0. The maximum atomic E-state index is 12.8. The van der Waals surface area contributed by atoms with Crippen LogP contribution in [-0.4, -0.2) is 57.4 Å². The molecule has 1 atom stereocenters. The first kappa shape index (κ1) is 21.6. The van der Waals surface area contributed by atoms with Crippen LogP contribution in [0, 0.1) is 5.92 Å². The summed E-state index contributed by atoms with van der Waals surface area (Å²) in [5, 5.41) is 0. The Morgan fingerprint density at radius 3 is 2.23 bits per heavy atom. The van der Waals surface area contributed by atoms with Gasteiger partial charge in [0.05, 0.1) is 27.2 Å². The number of amides is 1. The first-order valence-electron chi connectivity index (χ1n) is 7.78. The number of halogens is 3. The molecule has 26 heavy (non-hydrogen) atoms. The molecule has 1 aromatic rings. The average Bonchev–Trinajstić information content (AvgIpc) is 2.62. The van der Waals surface area contributed by atoms with Gasteiger partial charge in [-0.25, -0.2) is 0 Å². The van der Waals surface area contributed by atoms with Crippen molar-refractivity contribution in [3.8, 4) is 11.5 Å². The fraction of sp³-hybridized carbons (Fsp3) is 0.529. The predicted octanol–water partition coefficient (Wildman–Crippen LogP) is 2.45. The summed E-state index contributed by atoms with van der Waals surface area (Å²) in [6.45, 7) is 0.798. The maximum absolute atomic E-state index is 12.8. The predicted molar refractivity (Wildman–Crippen MR) is 87.1 cm³/mol. The number of carbonyl (C=O) groups is 2. The standard InChI is InChI=1S/C17H22F3NO5/c1-11(15(22)26-4)10-21(16(23)17(18,19)20)8-7-12-5-6-13(24-2)14(9-12)25-3/h5-6,9,11H,7-8,10H2,1-4H3. The van der Waals surface area contributed by atoms with Crippen LogP contribution >= 0.6 is 0 Å². The zero-order valence-electron chi connectivity index (χ0n) is 15.1. The molecule has 0 spiro atoms. The lowest BCUT2D eigenvalue weighted by atomic mass is 10.1. The number of carbonyl (C=O) groups excluding carboxylic acids is 2. The van der Waals surface area contributed by atoms with E-state index in [2.05, 4.69) is 4.74 Å². The smallest absolute Gasteiger partial charge is 0.471 e. The second-order valence-corrected chi connectivity index (χ2v) is 5.61. The van der Waals surface area contributed by atoms with Crippen molar-refractivity contribution in [1.82, 2.24) is 4.90 Å². The molecule has 0 fully saturated rings. The van der Waals surface area contributed by atoms with Gasteiger partial charge in [-0.3, -0.25) is 9.59 Å². The van der Waals surface area contributed by atoms with Gasteiger partial charge in [0.2, 0.25) is 0 Å². The Bertz CT molecular complexity index is 633. The van der Waals surface area contributed by atoms with Crippen LogP contribution < -0.4 is 9.47 Å². The molecule has 0 aliphatic rings. The van der Waals surface area contributed by atoms with Crippen LogP contribution in [0.25, 0.3) is 0 Å². The van der Waals surface area contributed by atoms with Crippen LogP contribution in [0.2, 0.25) is 0 Å². The zero-order valence-corrected chi connectivity index (χ0v) is 15.1. The number of nitrogens with zero attached hydrogens (tertiary/aromatic N) is 1. The number of esters is 1. The minimum Gasteiger partial charge on any atom is -0.493 e. The summed E-state index contributed by atoms with van der Waals surface area (Å²) in [7, 11) is 4.05. The van der Waals surface area contributed by atoms with Crippen molar-refractivity contribution in [1.29, 1.82) is 0 Å². The highest BCUT2D eigenvalue weighted by Crippen LogP contribution is 2.28. The Balaban J connectivity index is 2.92. The summed E-state index contributed by atoms with van der Waals surface area (Å²) < 4.78 is 53.3. The summed E-state index contributed by atoms with van der Waals surface area (Å²) in [4.78, 5) is 23.7. The quantitative estimate of drug-likeness (QED) is 0.651. The maximum Gasteiger partial charge on any atom is 0.471 e. The molecule has 0 saturated carbocycles. The molecule has 0 aromatic heterocycles. The van der Waals surface area contributed by atoms with Crippen molar-refractivity contribution in [2.75, 3.05) is 34.4 Å². The number of methoxy groups -OCH3 is 3. The molecular formula is C17H22F3NO5. The molecule has 0 aliphatic carbocycles. The summed E-state index contributed by atoms with van der Waals surface area (Å²) in [6, 6.07) is 4.92. The third-order valence-corrected chi connectivity index (χ3v) is 3.75. The Morgan fingerprint density at radius 1 is 1.12 bits per heavy atom. The van der Waals surface area contributed by atoms with Crippen molar-refractivity contribution >= 4 is 11.9 Å². The highest BCUT2D eigenvalue weighted by molar-refractivity contribution is 5.82. The molecule has 0 heterocycles. The molecule has 1 unspecified atom stereocenters. The molecule has 9 heteroatoms. The van der Waals surface area contributed by atoms with E-state index in [1.807, 2.05) is 0 Å². The van der Waals surface area contributed by atoms with Crippen LogP contribution in [0.4, 0.5) is 13.2 Å². The molecule has 1 rings (SSSR count). The highest BCUT2D eigenvalue weighted by atomic mass is 19.4. The molecule has 0 N–H and O–H groups in total. The van der Waals surface area contributed by atoms with E-state index >= 15 is 0 Å². The summed E-state index contributed by atoms with van der Waals surface area (Å²) in [6.07, 6.45) is -4.87. The third-order valence-electron chi connectivity index (χ3n) is 3.75. The van der Waals surface area contributed by atoms with Crippen LogP contribution in [0.5, 0.6) is 11.5 Å². The Morgan fingerprint density at radius 2 is 1.73 bits per heavy atom. The van der Waals surface area contributed by atoms with E-state index in [1.165, 1.54) is 21.1 Å². The first-order valence-corrected chi connectivity index (χ1v) is 7.78. The van der Waals surface area contributed by atoms with E-state index in [4.69, 9.17) is 9.47 Å². The molecule has 0 aliphatic heterocycles.